The minimum absolute atomic E-state index is 0.322. The maximum atomic E-state index is 7.37. The molecule has 1 aromatic heterocycles. The fraction of sp³-hybridized carbons (Fsp3) is 0.0566. The van der Waals surface area contributed by atoms with Gasteiger partial charge in [0.25, 0.3) is 0 Å². The Morgan fingerprint density at radius 3 is 1.79 bits per heavy atom. The summed E-state index contributed by atoms with van der Waals surface area (Å²) in [5.41, 5.74) is 15.3. The number of nitrogens with zero attached hydrogens (tertiary/aromatic N) is 2. The zero-order valence-corrected chi connectivity index (χ0v) is 31.2. The molecule has 0 saturated carbocycles. The number of para-hydroxylation sites is 3. The Kier molecular flexibility index (Phi) is 8.53. The number of furan rings is 1. The van der Waals surface area contributed by atoms with Crippen molar-refractivity contribution in [2.45, 2.75) is 19.3 Å². The van der Waals surface area contributed by atoms with E-state index in [1.165, 1.54) is 16.7 Å². The SMILES string of the molecule is CC1CC=Cc2ccc3c(oc4c(N(c5ccccc5)c5cccc(-c6ccccc6)c5)ccc(N(c5ccccc5)c5ccccc5-c5ccccc5)c43)c21. The molecule has 56 heavy (non-hydrogen) atoms. The van der Waals surface area contributed by atoms with Crippen molar-refractivity contribution in [3.8, 4) is 22.3 Å². The van der Waals surface area contributed by atoms with Gasteiger partial charge in [-0.15, -0.1) is 0 Å². The lowest BCUT2D eigenvalue weighted by Gasteiger charge is -2.30. The van der Waals surface area contributed by atoms with Gasteiger partial charge in [0.05, 0.1) is 22.4 Å². The molecule has 1 atom stereocenters. The second kappa shape index (κ2) is 14.3. The predicted molar refractivity (Wildman–Crippen MR) is 236 cm³/mol. The van der Waals surface area contributed by atoms with Gasteiger partial charge in [0.15, 0.2) is 5.58 Å². The van der Waals surface area contributed by atoms with Crippen molar-refractivity contribution in [2.75, 3.05) is 9.80 Å². The highest BCUT2D eigenvalue weighted by molar-refractivity contribution is 6.19. The van der Waals surface area contributed by atoms with Crippen molar-refractivity contribution >= 4 is 62.1 Å². The fourth-order valence-electron chi connectivity index (χ4n) is 8.46. The molecule has 8 aromatic carbocycles. The average Bonchev–Trinajstić information content (AvgIpc) is 3.67. The van der Waals surface area contributed by atoms with Gasteiger partial charge in [0, 0.05) is 33.6 Å². The first-order valence-electron chi connectivity index (χ1n) is 19.4. The Hall–Kier alpha value is -7.10. The molecule has 0 aliphatic heterocycles. The van der Waals surface area contributed by atoms with E-state index in [9.17, 15) is 0 Å². The van der Waals surface area contributed by atoms with Crippen molar-refractivity contribution in [1.29, 1.82) is 0 Å². The molecule has 0 N–H and O–H groups in total. The molecule has 0 amide bonds. The third kappa shape index (κ3) is 5.86. The fourth-order valence-corrected chi connectivity index (χ4v) is 8.46. The number of rotatable bonds is 8. The normalized spacial score (nSPS) is 13.5. The molecular weight excluding hydrogens is 681 g/mol. The average molecular weight is 721 g/mol. The molecule has 0 fully saturated rings. The molecule has 1 aliphatic carbocycles. The zero-order valence-electron chi connectivity index (χ0n) is 31.2. The van der Waals surface area contributed by atoms with Crippen LogP contribution in [0.3, 0.4) is 0 Å². The summed E-state index contributed by atoms with van der Waals surface area (Å²) in [4.78, 5) is 4.76. The van der Waals surface area contributed by atoms with Crippen LogP contribution in [0.5, 0.6) is 0 Å². The molecule has 3 nitrogen and oxygen atoms in total. The summed E-state index contributed by atoms with van der Waals surface area (Å²) in [5.74, 6) is 0.322. The quantitative estimate of drug-likeness (QED) is 0.156. The van der Waals surface area contributed by atoms with Gasteiger partial charge in [-0.2, -0.15) is 0 Å². The third-order valence-corrected chi connectivity index (χ3v) is 11.0. The van der Waals surface area contributed by atoms with Gasteiger partial charge in [-0.3, -0.25) is 0 Å². The highest BCUT2D eigenvalue weighted by atomic mass is 16.3. The molecular formula is C53H40N2O. The van der Waals surface area contributed by atoms with Crippen LogP contribution in [0, 0.1) is 0 Å². The van der Waals surface area contributed by atoms with E-state index in [0.717, 1.165) is 79.2 Å². The van der Waals surface area contributed by atoms with E-state index in [1.807, 2.05) is 0 Å². The second-order valence-electron chi connectivity index (χ2n) is 14.5. The topological polar surface area (TPSA) is 19.6 Å². The monoisotopic (exact) mass is 720 g/mol. The van der Waals surface area contributed by atoms with Crippen molar-refractivity contribution < 1.29 is 4.42 Å². The standard InChI is InChI=1S/C53H40N2O/c1-37-18-16-23-40-32-33-46-51-48(55(43-27-12-5-13-28-43)47-31-15-14-30-45(47)39-21-8-3-9-22-39)34-35-49(53(51)56-52(46)50(37)40)54(42-25-10-4-11-26-42)44-29-17-24-41(36-44)38-19-6-2-7-20-38/h2-17,19-37H,18H2,1H3. The van der Waals surface area contributed by atoms with Crippen molar-refractivity contribution in [3.63, 3.8) is 0 Å². The number of hydrogen-bond acceptors (Lipinski definition) is 3. The molecule has 0 saturated heterocycles. The summed E-state index contributed by atoms with van der Waals surface area (Å²) in [7, 11) is 0. The summed E-state index contributed by atoms with van der Waals surface area (Å²) < 4.78 is 7.37. The van der Waals surface area contributed by atoms with E-state index in [0.29, 0.717) is 5.92 Å². The van der Waals surface area contributed by atoms with E-state index in [2.05, 4.69) is 223 Å². The molecule has 268 valence electrons. The lowest BCUT2D eigenvalue weighted by molar-refractivity contribution is 0.650. The summed E-state index contributed by atoms with van der Waals surface area (Å²) in [6.45, 7) is 2.31. The van der Waals surface area contributed by atoms with Gasteiger partial charge < -0.3 is 14.2 Å². The van der Waals surface area contributed by atoms with Crippen LogP contribution >= 0.6 is 0 Å². The zero-order chi connectivity index (χ0) is 37.4. The van der Waals surface area contributed by atoms with Crippen LogP contribution < -0.4 is 9.80 Å². The highest BCUT2D eigenvalue weighted by Gasteiger charge is 2.28. The van der Waals surface area contributed by atoms with Gasteiger partial charge in [0.1, 0.15) is 5.58 Å². The van der Waals surface area contributed by atoms with Crippen LogP contribution in [-0.2, 0) is 0 Å². The van der Waals surface area contributed by atoms with E-state index in [1.54, 1.807) is 0 Å². The Labute approximate surface area is 328 Å². The van der Waals surface area contributed by atoms with E-state index < -0.39 is 0 Å². The van der Waals surface area contributed by atoms with Crippen LogP contribution in [0.15, 0.2) is 205 Å². The highest BCUT2D eigenvalue weighted by Crippen LogP contribution is 2.51. The van der Waals surface area contributed by atoms with Gasteiger partial charge >= 0.3 is 0 Å². The van der Waals surface area contributed by atoms with Gasteiger partial charge in [-0.05, 0) is 95.3 Å². The van der Waals surface area contributed by atoms with E-state index in [-0.39, 0.29) is 0 Å². The van der Waals surface area contributed by atoms with Crippen molar-refractivity contribution in [1.82, 2.24) is 0 Å². The van der Waals surface area contributed by atoms with Crippen LogP contribution in [0.1, 0.15) is 30.4 Å². The maximum absolute atomic E-state index is 7.37. The summed E-state index contributed by atoms with van der Waals surface area (Å²) in [6.07, 6.45) is 5.51. The molecule has 0 bridgehead atoms. The summed E-state index contributed by atoms with van der Waals surface area (Å²) >= 11 is 0. The summed E-state index contributed by atoms with van der Waals surface area (Å²) in [5, 5.41) is 2.19. The summed E-state index contributed by atoms with van der Waals surface area (Å²) in [6, 6.07) is 69.3. The number of allylic oxidation sites excluding steroid dienone is 1. The predicted octanol–water partition coefficient (Wildman–Crippen LogP) is 15.4. The number of anilines is 6. The number of benzene rings is 8. The van der Waals surface area contributed by atoms with E-state index in [4.69, 9.17) is 4.42 Å². The van der Waals surface area contributed by atoms with Crippen molar-refractivity contribution in [2.24, 2.45) is 0 Å². The third-order valence-electron chi connectivity index (χ3n) is 11.0. The molecule has 1 aliphatic rings. The molecule has 9 aromatic rings. The smallest absolute Gasteiger partial charge is 0.161 e. The minimum Gasteiger partial charge on any atom is -0.453 e. The van der Waals surface area contributed by atoms with Crippen LogP contribution in [0.4, 0.5) is 34.1 Å². The molecule has 0 radical (unpaired) electrons. The second-order valence-corrected chi connectivity index (χ2v) is 14.5. The van der Waals surface area contributed by atoms with Crippen molar-refractivity contribution in [3.05, 3.63) is 211 Å². The van der Waals surface area contributed by atoms with Gasteiger partial charge in [0.2, 0.25) is 0 Å². The van der Waals surface area contributed by atoms with Crippen LogP contribution in [0.25, 0.3) is 50.3 Å². The van der Waals surface area contributed by atoms with Gasteiger partial charge in [-0.1, -0.05) is 153 Å². The molecule has 10 rings (SSSR count). The lowest BCUT2D eigenvalue weighted by atomic mass is 9.87. The first-order chi connectivity index (χ1) is 27.7. The molecule has 1 heterocycles. The Balaban J connectivity index is 1.29. The maximum Gasteiger partial charge on any atom is 0.161 e. The number of hydrogen-bond donors (Lipinski definition) is 0. The Bertz CT molecular complexity index is 2840. The molecule has 1 unspecified atom stereocenters. The Morgan fingerprint density at radius 2 is 1.05 bits per heavy atom. The first-order valence-corrected chi connectivity index (χ1v) is 19.4. The Morgan fingerprint density at radius 1 is 0.464 bits per heavy atom. The van der Waals surface area contributed by atoms with Gasteiger partial charge in [-0.25, -0.2) is 0 Å². The molecule has 3 heteroatoms. The minimum atomic E-state index is 0.322. The first kappa shape index (κ1) is 33.5. The van der Waals surface area contributed by atoms with Crippen LogP contribution in [0.2, 0.25) is 0 Å². The molecule has 0 spiro atoms. The van der Waals surface area contributed by atoms with Crippen LogP contribution in [-0.4, -0.2) is 0 Å². The largest absolute Gasteiger partial charge is 0.453 e. The number of fused-ring (bicyclic) bond motifs is 5. The van der Waals surface area contributed by atoms with E-state index >= 15 is 0 Å². The lowest BCUT2D eigenvalue weighted by Crippen LogP contribution is -2.13.